The van der Waals surface area contributed by atoms with E-state index in [-0.39, 0.29) is 29.9 Å². The quantitative estimate of drug-likeness (QED) is 0.271. The Morgan fingerprint density at radius 1 is 1.29 bits per heavy atom. The third kappa shape index (κ3) is 7.86. The van der Waals surface area contributed by atoms with Gasteiger partial charge in [0.25, 0.3) is 5.91 Å². The molecule has 7 nitrogen and oxygen atoms in total. The summed E-state index contributed by atoms with van der Waals surface area (Å²) < 4.78 is 42.1. The van der Waals surface area contributed by atoms with Crippen molar-refractivity contribution in [2.45, 2.75) is 12.6 Å². The van der Waals surface area contributed by atoms with E-state index in [1.165, 1.54) is 18.2 Å². The van der Waals surface area contributed by atoms with Crippen molar-refractivity contribution in [3.05, 3.63) is 24.2 Å². The van der Waals surface area contributed by atoms with Crippen LogP contribution in [0.1, 0.15) is 17.0 Å². The molecule has 1 aliphatic rings. The van der Waals surface area contributed by atoms with Crippen molar-refractivity contribution in [3.8, 4) is 0 Å². The molecule has 1 aliphatic heterocycles. The Hall–Kier alpha value is -1.50. The van der Waals surface area contributed by atoms with E-state index in [0.717, 1.165) is 0 Å². The molecule has 2 rings (SSSR count). The molecule has 1 aromatic rings. The molecule has 0 aromatic carbocycles. The van der Waals surface area contributed by atoms with Crippen molar-refractivity contribution in [1.29, 1.82) is 0 Å². The van der Waals surface area contributed by atoms with Gasteiger partial charge in [-0.3, -0.25) is 14.7 Å². The number of carbonyl (C=O) groups is 1. The van der Waals surface area contributed by atoms with E-state index in [9.17, 15) is 18.0 Å². The van der Waals surface area contributed by atoms with Gasteiger partial charge in [0.05, 0.1) is 12.8 Å². The van der Waals surface area contributed by atoms with Crippen LogP contribution in [0.15, 0.2) is 27.8 Å². The Kier molecular flexibility index (Phi) is 10.1. The van der Waals surface area contributed by atoms with Crippen LogP contribution in [0.4, 0.5) is 13.2 Å². The van der Waals surface area contributed by atoms with Gasteiger partial charge in [0.15, 0.2) is 11.7 Å². The highest BCUT2D eigenvalue weighted by Crippen LogP contribution is 2.15. The van der Waals surface area contributed by atoms with Gasteiger partial charge in [0.1, 0.15) is 0 Å². The topological polar surface area (TPSA) is 64.3 Å². The van der Waals surface area contributed by atoms with Gasteiger partial charge in [-0.2, -0.15) is 13.2 Å². The highest BCUT2D eigenvalue weighted by molar-refractivity contribution is 14.0. The van der Waals surface area contributed by atoms with Crippen LogP contribution in [0.2, 0.25) is 0 Å². The van der Waals surface area contributed by atoms with Crippen LogP contribution in [0.5, 0.6) is 0 Å². The highest BCUT2D eigenvalue weighted by Gasteiger charge is 2.29. The number of hydrogen-bond donors (Lipinski definition) is 1. The number of furan rings is 1. The number of guanidine groups is 1. The molecule has 1 saturated heterocycles. The molecule has 28 heavy (non-hydrogen) atoms. The van der Waals surface area contributed by atoms with E-state index >= 15 is 0 Å². The number of piperazine rings is 1. The number of amides is 1. The fourth-order valence-electron chi connectivity index (χ4n) is 2.94. The van der Waals surface area contributed by atoms with Gasteiger partial charge in [-0.15, -0.1) is 24.0 Å². The average Bonchev–Trinajstić information content (AvgIpc) is 3.14. The van der Waals surface area contributed by atoms with Crippen LogP contribution in [0, 0.1) is 0 Å². The number of nitrogens with zero attached hydrogens (tertiary/aromatic N) is 4. The lowest BCUT2D eigenvalue weighted by Crippen LogP contribution is -2.54. The van der Waals surface area contributed by atoms with Crippen LogP contribution in [-0.4, -0.2) is 92.7 Å². The first-order valence-electron chi connectivity index (χ1n) is 8.84. The lowest BCUT2D eigenvalue weighted by molar-refractivity contribution is -0.143. The van der Waals surface area contributed by atoms with Crippen LogP contribution in [0.3, 0.4) is 0 Å². The van der Waals surface area contributed by atoms with Gasteiger partial charge in [-0.05, 0) is 32.1 Å². The zero-order valence-electron chi connectivity index (χ0n) is 16.0. The summed E-state index contributed by atoms with van der Waals surface area (Å²) in [6.07, 6.45) is -2.13. The largest absolute Gasteiger partial charge is 0.459 e. The molecule has 0 radical (unpaired) electrons. The Morgan fingerprint density at radius 2 is 1.93 bits per heavy atom. The molecule has 0 spiro atoms. The predicted molar refractivity (Wildman–Crippen MR) is 111 cm³/mol. The molecule has 1 fully saturated rings. The Labute approximate surface area is 179 Å². The maximum atomic E-state index is 12.3. The minimum absolute atomic E-state index is 0. The summed E-state index contributed by atoms with van der Waals surface area (Å²) in [5, 5.41) is 3.17. The molecule has 2 heterocycles. The summed E-state index contributed by atoms with van der Waals surface area (Å²) in [6, 6.07) is 3.33. The molecule has 160 valence electrons. The van der Waals surface area contributed by atoms with E-state index in [1.807, 2.05) is 4.90 Å². The summed E-state index contributed by atoms with van der Waals surface area (Å²) >= 11 is 0. The second-order valence-corrected chi connectivity index (χ2v) is 6.44. The number of rotatable bonds is 6. The molecular formula is C17H27F3IN5O2. The van der Waals surface area contributed by atoms with E-state index < -0.39 is 12.7 Å². The molecule has 11 heteroatoms. The number of hydrogen-bond acceptors (Lipinski definition) is 4. The SMILES string of the molecule is CN=C(NCCCN(C)CC(F)(F)F)N1CCN(C(=O)c2ccco2)CC1.I. The summed E-state index contributed by atoms with van der Waals surface area (Å²) in [5.41, 5.74) is 0. The van der Waals surface area contributed by atoms with Crippen LogP contribution in [0.25, 0.3) is 0 Å². The fourth-order valence-corrected chi connectivity index (χ4v) is 2.94. The second-order valence-electron chi connectivity index (χ2n) is 6.44. The smallest absolute Gasteiger partial charge is 0.401 e. The Morgan fingerprint density at radius 3 is 2.46 bits per heavy atom. The first-order valence-corrected chi connectivity index (χ1v) is 8.84. The Balaban J connectivity index is 0.00000392. The average molecular weight is 517 g/mol. The number of alkyl halides is 3. The van der Waals surface area contributed by atoms with Gasteiger partial charge in [0.2, 0.25) is 0 Å². The van der Waals surface area contributed by atoms with Gasteiger partial charge < -0.3 is 19.5 Å². The van der Waals surface area contributed by atoms with Crippen LogP contribution < -0.4 is 5.32 Å². The van der Waals surface area contributed by atoms with E-state index in [0.29, 0.717) is 57.4 Å². The van der Waals surface area contributed by atoms with Crippen LogP contribution in [-0.2, 0) is 0 Å². The van der Waals surface area contributed by atoms with Gasteiger partial charge in [-0.1, -0.05) is 0 Å². The molecule has 0 bridgehead atoms. The molecule has 0 unspecified atom stereocenters. The summed E-state index contributed by atoms with van der Waals surface area (Å²) in [4.78, 5) is 21.5. The highest BCUT2D eigenvalue weighted by atomic mass is 127. The van der Waals surface area contributed by atoms with Crippen molar-refractivity contribution in [2.24, 2.45) is 4.99 Å². The van der Waals surface area contributed by atoms with Crippen molar-refractivity contribution in [3.63, 3.8) is 0 Å². The predicted octanol–water partition coefficient (Wildman–Crippen LogP) is 2.11. The molecule has 1 amide bonds. The third-order valence-electron chi connectivity index (χ3n) is 4.26. The molecule has 0 saturated carbocycles. The number of nitrogens with one attached hydrogen (secondary N) is 1. The van der Waals surface area contributed by atoms with Crippen molar-refractivity contribution < 1.29 is 22.4 Å². The van der Waals surface area contributed by atoms with Gasteiger partial charge in [0, 0.05) is 39.8 Å². The van der Waals surface area contributed by atoms with E-state index in [2.05, 4.69) is 10.3 Å². The number of carbonyl (C=O) groups excluding carboxylic acids is 1. The first kappa shape index (κ1) is 24.5. The number of halogens is 4. The molecular weight excluding hydrogens is 490 g/mol. The van der Waals surface area contributed by atoms with Gasteiger partial charge in [-0.25, -0.2) is 0 Å². The second kappa shape index (κ2) is 11.5. The summed E-state index contributed by atoms with van der Waals surface area (Å²) in [5.74, 6) is 0.891. The zero-order chi connectivity index (χ0) is 19.9. The summed E-state index contributed by atoms with van der Waals surface area (Å²) in [7, 11) is 3.12. The van der Waals surface area contributed by atoms with Crippen molar-refractivity contribution >= 4 is 35.8 Å². The molecule has 1 N–H and O–H groups in total. The molecule has 0 aliphatic carbocycles. The van der Waals surface area contributed by atoms with Crippen LogP contribution >= 0.6 is 24.0 Å². The fraction of sp³-hybridized carbons (Fsp3) is 0.647. The lowest BCUT2D eigenvalue weighted by atomic mass is 10.3. The standard InChI is InChI=1S/C17H26F3N5O2.HI/c1-21-16(22-6-4-7-23(2)13-17(18,19)20)25-10-8-24(9-11-25)15(26)14-5-3-12-27-14;/h3,5,12H,4,6-11,13H2,1-2H3,(H,21,22);1H. The normalized spacial score (nSPS) is 15.6. The van der Waals surface area contributed by atoms with E-state index in [1.54, 1.807) is 24.1 Å². The monoisotopic (exact) mass is 517 g/mol. The lowest BCUT2D eigenvalue weighted by Gasteiger charge is -2.36. The maximum Gasteiger partial charge on any atom is 0.401 e. The molecule has 1 aromatic heterocycles. The third-order valence-corrected chi connectivity index (χ3v) is 4.26. The Bertz CT molecular complexity index is 617. The summed E-state index contributed by atoms with van der Waals surface area (Å²) in [6.45, 7) is 2.31. The zero-order valence-corrected chi connectivity index (χ0v) is 18.4. The van der Waals surface area contributed by atoms with Crippen molar-refractivity contribution in [2.75, 3.05) is 59.9 Å². The van der Waals surface area contributed by atoms with E-state index in [4.69, 9.17) is 4.42 Å². The minimum atomic E-state index is -4.18. The number of aliphatic imine (C=N–C) groups is 1. The molecule has 0 atom stereocenters. The van der Waals surface area contributed by atoms with Gasteiger partial charge >= 0.3 is 6.18 Å². The first-order chi connectivity index (χ1) is 12.8. The maximum absolute atomic E-state index is 12.3. The minimum Gasteiger partial charge on any atom is -0.459 e. The van der Waals surface area contributed by atoms with Crippen molar-refractivity contribution in [1.82, 2.24) is 20.0 Å².